The maximum Gasteiger partial charge on any atom is 0.0118 e. The minimum Gasteiger partial charge on any atom is -0.327 e. The number of nitrogens with two attached hydrogens (primary N) is 1. The molecule has 3 unspecified atom stereocenters. The Kier molecular flexibility index (Phi) is 4.15. The topological polar surface area (TPSA) is 29.3 Å². The highest BCUT2D eigenvalue weighted by Crippen LogP contribution is 2.31. The van der Waals surface area contributed by atoms with E-state index in [9.17, 15) is 0 Å². The van der Waals surface area contributed by atoms with Crippen molar-refractivity contribution in [2.24, 2.45) is 11.7 Å². The summed E-state index contributed by atoms with van der Waals surface area (Å²) in [4.78, 5) is 4.10. The third-order valence-electron chi connectivity index (χ3n) is 4.55. The van der Waals surface area contributed by atoms with Crippen LogP contribution in [0.1, 0.15) is 39.0 Å². The molecule has 0 aliphatic carbocycles. The molecule has 18 heavy (non-hydrogen) atoms. The van der Waals surface area contributed by atoms with Gasteiger partial charge in [0.15, 0.2) is 0 Å². The van der Waals surface area contributed by atoms with Crippen molar-refractivity contribution in [1.29, 1.82) is 0 Å². The van der Waals surface area contributed by atoms with Gasteiger partial charge in [-0.1, -0.05) is 26.8 Å². The van der Waals surface area contributed by atoms with Crippen molar-refractivity contribution in [2.75, 3.05) is 13.1 Å². The zero-order chi connectivity index (χ0) is 13.3. The van der Waals surface area contributed by atoms with Crippen LogP contribution in [-0.4, -0.2) is 30.1 Å². The van der Waals surface area contributed by atoms with Crippen LogP contribution in [0.3, 0.4) is 0 Å². The fraction of sp³-hybridized carbons (Fsp3) is 0.733. The van der Waals surface area contributed by atoms with Gasteiger partial charge in [-0.05, 0) is 37.3 Å². The Hall–Kier alpha value is -0.380. The average Bonchev–Trinajstić information content (AvgIpc) is 2.84. The van der Waals surface area contributed by atoms with Gasteiger partial charge in [0.25, 0.3) is 0 Å². The quantitative estimate of drug-likeness (QED) is 0.911. The summed E-state index contributed by atoms with van der Waals surface area (Å²) < 4.78 is 0. The van der Waals surface area contributed by atoms with E-state index in [-0.39, 0.29) is 5.41 Å². The van der Waals surface area contributed by atoms with Crippen LogP contribution in [0, 0.1) is 5.92 Å². The molecule has 1 saturated heterocycles. The number of rotatable bonds is 3. The average molecular weight is 266 g/mol. The van der Waals surface area contributed by atoms with E-state index >= 15 is 0 Å². The first-order chi connectivity index (χ1) is 8.42. The lowest BCUT2D eigenvalue weighted by Gasteiger charge is -2.44. The lowest BCUT2D eigenvalue weighted by atomic mass is 9.84. The zero-order valence-corrected chi connectivity index (χ0v) is 12.8. The Labute approximate surface area is 115 Å². The van der Waals surface area contributed by atoms with Crippen LogP contribution in [0.5, 0.6) is 0 Å². The maximum absolute atomic E-state index is 6.16. The van der Waals surface area contributed by atoms with Gasteiger partial charge in [-0.2, -0.15) is 0 Å². The number of likely N-dealkylation sites (tertiary alicyclic amines) is 1. The van der Waals surface area contributed by atoms with Gasteiger partial charge < -0.3 is 5.73 Å². The first-order valence-corrected chi connectivity index (χ1v) is 7.83. The second-order valence-corrected chi connectivity index (χ2v) is 7.33. The molecule has 2 N–H and O–H groups in total. The molecule has 0 amide bonds. The van der Waals surface area contributed by atoms with Crippen molar-refractivity contribution in [2.45, 2.75) is 51.6 Å². The Balaban J connectivity index is 2.05. The molecule has 3 heteroatoms. The number of nitrogens with zero attached hydrogens (tertiary/aromatic N) is 1. The molecule has 1 aliphatic rings. The molecule has 2 nitrogen and oxygen atoms in total. The Morgan fingerprint density at radius 2 is 2.17 bits per heavy atom. The summed E-state index contributed by atoms with van der Waals surface area (Å²) in [5.74, 6) is 0.595. The van der Waals surface area contributed by atoms with Gasteiger partial charge in [0.1, 0.15) is 0 Å². The van der Waals surface area contributed by atoms with Gasteiger partial charge in [0, 0.05) is 28.9 Å². The summed E-state index contributed by atoms with van der Waals surface area (Å²) in [6.45, 7) is 11.6. The highest BCUT2D eigenvalue weighted by atomic mass is 32.1. The molecule has 1 aromatic heterocycles. The fourth-order valence-corrected chi connectivity index (χ4v) is 3.79. The third kappa shape index (κ3) is 2.79. The number of piperidine rings is 1. The van der Waals surface area contributed by atoms with Crippen molar-refractivity contribution < 1.29 is 0 Å². The predicted octanol–water partition coefficient (Wildman–Crippen LogP) is 3.08. The molecule has 0 spiro atoms. The van der Waals surface area contributed by atoms with E-state index in [4.69, 9.17) is 5.73 Å². The normalized spacial score (nSPS) is 30.6. The molecule has 2 rings (SSSR count). The Bertz CT molecular complexity index is 372. The second kappa shape index (κ2) is 5.32. The Morgan fingerprint density at radius 3 is 2.78 bits per heavy atom. The minimum absolute atomic E-state index is 0.240. The minimum atomic E-state index is 0.240. The van der Waals surface area contributed by atoms with Gasteiger partial charge in [0.05, 0.1) is 0 Å². The first-order valence-electron chi connectivity index (χ1n) is 6.95. The van der Waals surface area contributed by atoms with Gasteiger partial charge in [-0.25, -0.2) is 0 Å². The molecular weight excluding hydrogens is 240 g/mol. The van der Waals surface area contributed by atoms with E-state index in [0.717, 1.165) is 19.5 Å². The van der Waals surface area contributed by atoms with Gasteiger partial charge >= 0.3 is 0 Å². The highest BCUT2D eigenvalue weighted by Gasteiger charge is 2.34. The molecule has 1 aliphatic heterocycles. The van der Waals surface area contributed by atoms with Crippen molar-refractivity contribution >= 4 is 11.3 Å². The van der Waals surface area contributed by atoms with Crippen molar-refractivity contribution in [3.63, 3.8) is 0 Å². The predicted molar refractivity (Wildman–Crippen MR) is 80.1 cm³/mol. The summed E-state index contributed by atoms with van der Waals surface area (Å²) in [6, 6.07) is 5.38. The smallest absolute Gasteiger partial charge is 0.0118 e. The zero-order valence-electron chi connectivity index (χ0n) is 12.0. The van der Waals surface area contributed by atoms with E-state index < -0.39 is 0 Å². The number of thiophene rings is 1. The van der Waals surface area contributed by atoms with Crippen molar-refractivity contribution in [3.05, 3.63) is 22.4 Å². The molecule has 1 fully saturated rings. The molecule has 2 heterocycles. The SMILES string of the molecule is CC1C(N)CCN(CC(C)(C)c2cccs2)C1C. The molecular formula is C15H26N2S. The number of hydrogen-bond donors (Lipinski definition) is 1. The van der Waals surface area contributed by atoms with Crippen LogP contribution in [0.4, 0.5) is 0 Å². The van der Waals surface area contributed by atoms with E-state index in [1.165, 1.54) is 4.88 Å². The van der Waals surface area contributed by atoms with E-state index in [1.54, 1.807) is 0 Å². The lowest BCUT2D eigenvalue weighted by molar-refractivity contribution is 0.0795. The lowest BCUT2D eigenvalue weighted by Crippen LogP contribution is -2.54. The van der Waals surface area contributed by atoms with Crippen LogP contribution >= 0.6 is 11.3 Å². The van der Waals surface area contributed by atoms with E-state index in [1.807, 2.05) is 11.3 Å². The monoisotopic (exact) mass is 266 g/mol. The van der Waals surface area contributed by atoms with E-state index in [0.29, 0.717) is 18.0 Å². The van der Waals surface area contributed by atoms with Crippen LogP contribution in [0.15, 0.2) is 17.5 Å². The molecule has 1 aromatic rings. The molecule has 0 bridgehead atoms. The van der Waals surface area contributed by atoms with Gasteiger partial charge in [0.2, 0.25) is 0 Å². The fourth-order valence-electron chi connectivity index (χ4n) is 2.94. The Morgan fingerprint density at radius 1 is 1.44 bits per heavy atom. The van der Waals surface area contributed by atoms with Crippen LogP contribution in [0.25, 0.3) is 0 Å². The summed E-state index contributed by atoms with van der Waals surface area (Å²) in [5.41, 5.74) is 6.40. The molecule has 0 aromatic carbocycles. The molecule has 102 valence electrons. The maximum atomic E-state index is 6.16. The molecule has 3 atom stereocenters. The third-order valence-corrected chi connectivity index (χ3v) is 5.78. The van der Waals surface area contributed by atoms with Gasteiger partial charge in [-0.15, -0.1) is 11.3 Å². The molecule has 0 saturated carbocycles. The number of hydrogen-bond acceptors (Lipinski definition) is 3. The summed E-state index contributed by atoms with van der Waals surface area (Å²) in [6.07, 6.45) is 1.13. The molecule has 0 radical (unpaired) electrons. The van der Waals surface area contributed by atoms with Crippen molar-refractivity contribution in [1.82, 2.24) is 4.90 Å². The standard InChI is InChI=1S/C15H26N2S/c1-11-12(2)17(8-7-13(11)16)10-15(3,4)14-6-5-9-18-14/h5-6,9,11-13H,7-8,10,16H2,1-4H3. The summed E-state index contributed by atoms with van der Waals surface area (Å²) >= 11 is 1.87. The first kappa shape index (κ1) is 14.0. The summed E-state index contributed by atoms with van der Waals surface area (Å²) in [5, 5.41) is 2.18. The highest BCUT2D eigenvalue weighted by molar-refractivity contribution is 7.10. The van der Waals surface area contributed by atoms with Crippen LogP contribution < -0.4 is 5.73 Å². The van der Waals surface area contributed by atoms with Gasteiger partial charge in [-0.3, -0.25) is 4.90 Å². The largest absolute Gasteiger partial charge is 0.327 e. The van der Waals surface area contributed by atoms with E-state index in [2.05, 4.69) is 50.1 Å². The van der Waals surface area contributed by atoms with Crippen LogP contribution in [-0.2, 0) is 5.41 Å². The van der Waals surface area contributed by atoms with Crippen LogP contribution in [0.2, 0.25) is 0 Å². The van der Waals surface area contributed by atoms with Crippen molar-refractivity contribution in [3.8, 4) is 0 Å². The second-order valence-electron chi connectivity index (χ2n) is 6.38. The summed E-state index contributed by atoms with van der Waals surface area (Å²) in [7, 11) is 0.